The van der Waals surface area contributed by atoms with Gasteiger partial charge in [-0.3, -0.25) is 0 Å². The van der Waals surface area contributed by atoms with Crippen LogP contribution in [0.5, 0.6) is 5.75 Å². The summed E-state index contributed by atoms with van der Waals surface area (Å²) >= 11 is 0. The number of benzene rings is 1. The van der Waals surface area contributed by atoms with Gasteiger partial charge in [0.15, 0.2) is 0 Å². The van der Waals surface area contributed by atoms with E-state index in [4.69, 9.17) is 10.5 Å². The Morgan fingerprint density at radius 1 is 1.40 bits per heavy atom. The summed E-state index contributed by atoms with van der Waals surface area (Å²) in [6.45, 7) is 0.0598. The molecule has 0 aromatic heterocycles. The average Bonchev–Trinajstić information content (AvgIpc) is 2.38. The maximum Gasteiger partial charge on any atom is 0.150 e. The van der Waals surface area contributed by atoms with Crippen LogP contribution in [0.25, 0.3) is 0 Å². The van der Waals surface area contributed by atoms with E-state index in [2.05, 4.69) is 0 Å². The third kappa shape index (κ3) is 3.49. The molecular formula is C14H20FNO3S. The van der Waals surface area contributed by atoms with Gasteiger partial charge < -0.3 is 10.5 Å². The van der Waals surface area contributed by atoms with E-state index in [0.717, 1.165) is 12.8 Å². The van der Waals surface area contributed by atoms with Crippen molar-refractivity contribution in [2.45, 2.75) is 43.6 Å². The van der Waals surface area contributed by atoms with Gasteiger partial charge in [-0.05, 0) is 31.4 Å². The molecule has 0 spiro atoms. The Morgan fingerprint density at radius 3 is 2.80 bits per heavy atom. The Morgan fingerprint density at radius 2 is 2.15 bits per heavy atom. The Kier molecular flexibility index (Phi) is 4.65. The molecule has 1 saturated carbocycles. The topological polar surface area (TPSA) is 69.4 Å². The maximum absolute atomic E-state index is 13.6. The number of ether oxygens (including phenoxy) is 1. The molecule has 1 aliphatic rings. The van der Waals surface area contributed by atoms with Crippen molar-refractivity contribution >= 4 is 9.84 Å². The predicted octanol–water partition coefficient (Wildman–Crippen LogP) is 2.02. The van der Waals surface area contributed by atoms with Crippen LogP contribution in [0.1, 0.15) is 31.2 Å². The van der Waals surface area contributed by atoms with E-state index in [9.17, 15) is 12.8 Å². The minimum atomic E-state index is -3.05. The first kappa shape index (κ1) is 15.3. The van der Waals surface area contributed by atoms with Crippen LogP contribution in [0.4, 0.5) is 4.39 Å². The lowest BCUT2D eigenvalue weighted by molar-refractivity contribution is 0.154. The summed E-state index contributed by atoms with van der Waals surface area (Å²) < 4.78 is 42.7. The SMILES string of the molecule is CS(=O)(=O)C1CCCC(Oc2cccc(F)c2CN)C1. The summed E-state index contributed by atoms with van der Waals surface area (Å²) in [6.07, 6.45) is 3.77. The molecule has 20 heavy (non-hydrogen) atoms. The van der Waals surface area contributed by atoms with Crippen molar-refractivity contribution in [1.82, 2.24) is 0 Å². The van der Waals surface area contributed by atoms with Gasteiger partial charge in [0, 0.05) is 24.8 Å². The highest BCUT2D eigenvalue weighted by Gasteiger charge is 2.30. The van der Waals surface area contributed by atoms with Crippen LogP contribution in [0.15, 0.2) is 18.2 Å². The third-order valence-corrected chi connectivity index (χ3v) is 5.40. The van der Waals surface area contributed by atoms with Crippen LogP contribution in [0.2, 0.25) is 0 Å². The van der Waals surface area contributed by atoms with Crippen LogP contribution < -0.4 is 10.5 Å². The van der Waals surface area contributed by atoms with E-state index in [0.29, 0.717) is 24.2 Å². The van der Waals surface area contributed by atoms with Crippen molar-refractivity contribution in [2.75, 3.05) is 6.26 Å². The molecule has 1 aromatic rings. The standard InChI is InChI=1S/C14H20FNO3S/c1-20(17,18)11-5-2-4-10(8-11)19-14-7-3-6-13(15)12(14)9-16/h3,6-7,10-11H,2,4-5,8-9,16H2,1H3. The Bertz CT molecular complexity index is 574. The first-order valence-electron chi connectivity index (χ1n) is 6.74. The lowest BCUT2D eigenvalue weighted by Gasteiger charge is -2.29. The number of rotatable bonds is 4. The molecule has 2 N–H and O–H groups in total. The van der Waals surface area contributed by atoms with Gasteiger partial charge in [-0.1, -0.05) is 6.07 Å². The summed E-state index contributed by atoms with van der Waals surface area (Å²) in [5, 5.41) is -0.365. The van der Waals surface area contributed by atoms with Crippen LogP contribution >= 0.6 is 0 Å². The number of nitrogens with two attached hydrogens (primary N) is 1. The molecule has 0 saturated heterocycles. The fraction of sp³-hybridized carbons (Fsp3) is 0.571. The van der Waals surface area contributed by atoms with Crippen molar-refractivity contribution in [2.24, 2.45) is 5.73 Å². The first-order chi connectivity index (χ1) is 9.41. The van der Waals surface area contributed by atoms with E-state index in [1.54, 1.807) is 12.1 Å². The average molecular weight is 301 g/mol. The lowest BCUT2D eigenvalue weighted by atomic mass is 9.97. The molecule has 1 aliphatic carbocycles. The first-order valence-corrected chi connectivity index (χ1v) is 8.70. The van der Waals surface area contributed by atoms with Gasteiger partial charge >= 0.3 is 0 Å². The highest BCUT2D eigenvalue weighted by atomic mass is 32.2. The van der Waals surface area contributed by atoms with Gasteiger partial charge in [0.1, 0.15) is 21.4 Å². The number of hydrogen-bond acceptors (Lipinski definition) is 4. The fourth-order valence-electron chi connectivity index (χ4n) is 2.62. The second kappa shape index (κ2) is 6.10. The van der Waals surface area contributed by atoms with E-state index in [1.165, 1.54) is 12.3 Å². The summed E-state index contributed by atoms with van der Waals surface area (Å²) in [6, 6.07) is 4.59. The smallest absolute Gasteiger partial charge is 0.150 e. The fourth-order valence-corrected chi connectivity index (χ4v) is 3.78. The Hall–Kier alpha value is -1.14. The van der Waals surface area contributed by atoms with Gasteiger partial charge in [0.25, 0.3) is 0 Å². The molecule has 2 atom stereocenters. The molecule has 6 heteroatoms. The van der Waals surface area contributed by atoms with Gasteiger partial charge in [0.2, 0.25) is 0 Å². The van der Waals surface area contributed by atoms with Gasteiger partial charge in [0.05, 0.1) is 11.4 Å². The van der Waals surface area contributed by atoms with Gasteiger partial charge in [-0.2, -0.15) is 0 Å². The monoisotopic (exact) mass is 301 g/mol. The summed E-state index contributed by atoms with van der Waals surface area (Å²) in [5.74, 6) is 0.0344. The van der Waals surface area contributed by atoms with Crippen molar-refractivity contribution in [3.8, 4) is 5.75 Å². The Balaban J connectivity index is 2.12. The van der Waals surface area contributed by atoms with Crippen LogP contribution in [0, 0.1) is 5.82 Å². The molecule has 0 aliphatic heterocycles. The largest absolute Gasteiger partial charge is 0.490 e. The second-order valence-corrected chi connectivity index (χ2v) is 7.60. The van der Waals surface area contributed by atoms with Crippen molar-refractivity contribution in [1.29, 1.82) is 0 Å². The molecule has 1 aromatic carbocycles. The second-order valence-electron chi connectivity index (χ2n) is 5.28. The zero-order valence-electron chi connectivity index (χ0n) is 11.5. The van der Waals surface area contributed by atoms with Gasteiger partial charge in [-0.15, -0.1) is 0 Å². The quantitative estimate of drug-likeness (QED) is 0.923. The van der Waals surface area contributed by atoms with E-state index in [1.807, 2.05) is 0 Å². The molecule has 2 unspecified atom stereocenters. The van der Waals surface area contributed by atoms with Crippen molar-refractivity contribution in [3.05, 3.63) is 29.6 Å². The zero-order chi connectivity index (χ0) is 14.8. The van der Waals surface area contributed by atoms with Crippen molar-refractivity contribution < 1.29 is 17.5 Å². The van der Waals surface area contributed by atoms with Crippen LogP contribution in [0.3, 0.4) is 0 Å². The molecule has 2 rings (SSSR count). The highest BCUT2D eigenvalue weighted by molar-refractivity contribution is 7.91. The molecule has 0 heterocycles. The van der Waals surface area contributed by atoms with Crippen LogP contribution in [-0.4, -0.2) is 26.0 Å². The molecule has 4 nitrogen and oxygen atoms in total. The maximum atomic E-state index is 13.6. The molecular weight excluding hydrogens is 281 g/mol. The van der Waals surface area contributed by atoms with E-state index < -0.39 is 9.84 Å². The molecule has 0 amide bonds. The number of sulfone groups is 1. The third-order valence-electron chi connectivity index (χ3n) is 3.76. The molecule has 0 radical (unpaired) electrons. The molecule has 0 bridgehead atoms. The van der Waals surface area contributed by atoms with E-state index in [-0.39, 0.29) is 23.7 Å². The summed E-state index contributed by atoms with van der Waals surface area (Å²) in [7, 11) is -3.05. The summed E-state index contributed by atoms with van der Waals surface area (Å²) in [5.41, 5.74) is 5.88. The summed E-state index contributed by atoms with van der Waals surface area (Å²) in [4.78, 5) is 0. The molecule has 112 valence electrons. The molecule has 1 fully saturated rings. The van der Waals surface area contributed by atoms with E-state index >= 15 is 0 Å². The normalized spacial score (nSPS) is 23.6. The predicted molar refractivity (Wildman–Crippen MR) is 75.8 cm³/mol. The van der Waals surface area contributed by atoms with Gasteiger partial charge in [-0.25, -0.2) is 12.8 Å². The minimum Gasteiger partial charge on any atom is -0.490 e. The van der Waals surface area contributed by atoms with Crippen LogP contribution in [-0.2, 0) is 16.4 Å². The Labute approximate surface area is 119 Å². The zero-order valence-corrected chi connectivity index (χ0v) is 12.3. The highest BCUT2D eigenvalue weighted by Crippen LogP contribution is 2.29. The number of halogens is 1. The minimum absolute atomic E-state index is 0.0598. The van der Waals surface area contributed by atoms with Crippen molar-refractivity contribution in [3.63, 3.8) is 0 Å². The lowest BCUT2D eigenvalue weighted by Crippen LogP contribution is -2.33. The number of hydrogen-bond donors (Lipinski definition) is 1.